The molecule has 1 N–H and O–H groups in total. The van der Waals surface area contributed by atoms with Crippen molar-refractivity contribution in [2.75, 3.05) is 25.5 Å². The molecule has 0 saturated heterocycles. The van der Waals surface area contributed by atoms with Crippen molar-refractivity contribution in [2.24, 2.45) is 0 Å². The van der Waals surface area contributed by atoms with E-state index in [0.717, 1.165) is 0 Å². The van der Waals surface area contributed by atoms with Crippen molar-refractivity contribution in [1.29, 1.82) is 0 Å². The number of hydrogen-bond donors (Lipinski definition) is 1. The number of amides is 1. The molecule has 0 saturated carbocycles. The molecule has 6 nitrogen and oxygen atoms in total. The predicted octanol–water partition coefficient (Wildman–Crippen LogP) is 2.98. The number of anilines is 1. The first-order valence-electron chi connectivity index (χ1n) is 7.98. The summed E-state index contributed by atoms with van der Waals surface area (Å²) < 4.78 is 31.5. The first kappa shape index (κ1) is 19.0. The molecule has 2 aromatic carbocycles. The number of benzene rings is 2. The summed E-state index contributed by atoms with van der Waals surface area (Å²) in [5, 5.41) is 2.76. The molecule has 2 aromatic rings. The average molecular weight is 362 g/mol. The van der Waals surface area contributed by atoms with Gasteiger partial charge in [0.05, 0.1) is 17.7 Å². The Labute approximate surface area is 148 Å². The number of carbonyl (C=O) groups excluding carboxylic acids is 1. The number of rotatable bonds is 7. The minimum absolute atomic E-state index is 0.171. The number of methoxy groups -OCH3 is 1. The van der Waals surface area contributed by atoms with Crippen LogP contribution in [0.3, 0.4) is 0 Å². The second-order valence-electron chi connectivity index (χ2n) is 5.27. The Morgan fingerprint density at radius 2 is 1.64 bits per heavy atom. The van der Waals surface area contributed by atoms with Crippen molar-refractivity contribution in [3.05, 3.63) is 54.1 Å². The van der Waals surface area contributed by atoms with Crippen molar-refractivity contribution in [3.63, 3.8) is 0 Å². The molecule has 0 aliphatic carbocycles. The summed E-state index contributed by atoms with van der Waals surface area (Å²) in [6.45, 7) is 4.37. The lowest BCUT2D eigenvalue weighted by molar-refractivity contribution is 0.102. The van der Waals surface area contributed by atoms with Gasteiger partial charge in [0.15, 0.2) is 0 Å². The third kappa shape index (κ3) is 4.18. The Morgan fingerprint density at radius 1 is 1.04 bits per heavy atom. The Balaban J connectivity index is 2.21. The summed E-state index contributed by atoms with van der Waals surface area (Å²) in [5.41, 5.74) is 0.916. The lowest BCUT2D eigenvalue weighted by atomic mass is 10.2. The Bertz CT molecular complexity index is 828. The topological polar surface area (TPSA) is 75.7 Å². The fourth-order valence-corrected chi connectivity index (χ4v) is 3.89. The molecule has 0 aromatic heterocycles. The normalized spacial score (nSPS) is 11.4. The zero-order valence-electron chi connectivity index (χ0n) is 14.5. The zero-order valence-corrected chi connectivity index (χ0v) is 15.3. The molecule has 0 atom stereocenters. The monoisotopic (exact) mass is 362 g/mol. The van der Waals surface area contributed by atoms with Crippen LogP contribution >= 0.6 is 0 Å². The molecule has 7 heteroatoms. The first-order valence-corrected chi connectivity index (χ1v) is 9.42. The van der Waals surface area contributed by atoms with Crippen LogP contribution < -0.4 is 10.1 Å². The second kappa shape index (κ2) is 8.13. The fourth-order valence-electron chi connectivity index (χ4n) is 2.43. The van der Waals surface area contributed by atoms with Crippen LogP contribution in [0, 0.1) is 0 Å². The minimum atomic E-state index is -3.53. The Morgan fingerprint density at radius 3 is 2.20 bits per heavy atom. The molecule has 134 valence electrons. The first-order chi connectivity index (χ1) is 11.9. The maximum Gasteiger partial charge on any atom is 0.255 e. The molecule has 0 unspecified atom stereocenters. The van der Waals surface area contributed by atoms with Gasteiger partial charge in [-0.3, -0.25) is 4.79 Å². The summed E-state index contributed by atoms with van der Waals surface area (Å²) in [6, 6.07) is 13.0. The van der Waals surface area contributed by atoms with Crippen LogP contribution in [-0.2, 0) is 10.0 Å². The van der Waals surface area contributed by atoms with Gasteiger partial charge in [-0.05, 0) is 36.4 Å². The van der Waals surface area contributed by atoms with Gasteiger partial charge in [0, 0.05) is 18.7 Å². The SMILES string of the molecule is CCN(CC)S(=O)(=O)c1ccc(C(=O)Nc2ccccc2OC)cc1. The molecule has 0 heterocycles. The highest BCUT2D eigenvalue weighted by Crippen LogP contribution is 2.24. The summed E-state index contributed by atoms with van der Waals surface area (Å²) in [6.07, 6.45) is 0. The molecule has 0 aliphatic rings. The van der Waals surface area contributed by atoms with E-state index in [1.54, 1.807) is 38.1 Å². The molecule has 0 fully saturated rings. The van der Waals surface area contributed by atoms with Gasteiger partial charge in [-0.1, -0.05) is 26.0 Å². The summed E-state index contributed by atoms with van der Waals surface area (Å²) in [7, 11) is -2.01. The number of sulfonamides is 1. The van der Waals surface area contributed by atoms with E-state index in [4.69, 9.17) is 4.74 Å². The van der Waals surface area contributed by atoms with Crippen molar-refractivity contribution in [3.8, 4) is 5.75 Å². The van der Waals surface area contributed by atoms with Crippen molar-refractivity contribution in [1.82, 2.24) is 4.31 Å². The third-order valence-electron chi connectivity index (χ3n) is 3.81. The Hall–Kier alpha value is -2.38. The highest BCUT2D eigenvalue weighted by atomic mass is 32.2. The number of nitrogens with zero attached hydrogens (tertiary/aromatic N) is 1. The molecule has 0 bridgehead atoms. The van der Waals surface area contributed by atoms with Crippen LogP contribution in [0.5, 0.6) is 5.75 Å². The van der Waals surface area contributed by atoms with E-state index in [-0.39, 0.29) is 10.8 Å². The summed E-state index contributed by atoms with van der Waals surface area (Å²) in [4.78, 5) is 12.5. The van der Waals surface area contributed by atoms with Crippen molar-refractivity contribution < 1.29 is 17.9 Å². The maximum absolute atomic E-state index is 12.5. The number of ether oxygens (including phenoxy) is 1. The predicted molar refractivity (Wildman–Crippen MR) is 97.5 cm³/mol. The quantitative estimate of drug-likeness (QED) is 0.822. The number of nitrogens with one attached hydrogen (secondary N) is 1. The average Bonchev–Trinajstić information content (AvgIpc) is 2.63. The van der Waals surface area contributed by atoms with E-state index in [1.807, 2.05) is 0 Å². The van der Waals surface area contributed by atoms with Crippen LogP contribution in [-0.4, -0.2) is 38.8 Å². The van der Waals surface area contributed by atoms with Crippen LogP contribution in [0.25, 0.3) is 0 Å². The number of carbonyl (C=O) groups is 1. The highest BCUT2D eigenvalue weighted by molar-refractivity contribution is 7.89. The van der Waals surface area contributed by atoms with Gasteiger partial charge in [0.2, 0.25) is 10.0 Å². The maximum atomic E-state index is 12.5. The molecule has 0 aliphatic heterocycles. The molecule has 25 heavy (non-hydrogen) atoms. The van der Waals surface area contributed by atoms with Gasteiger partial charge in [-0.15, -0.1) is 0 Å². The van der Waals surface area contributed by atoms with Crippen LogP contribution in [0.15, 0.2) is 53.4 Å². The Kier molecular flexibility index (Phi) is 6.17. The van der Waals surface area contributed by atoms with Gasteiger partial charge in [0.1, 0.15) is 5.75 Å². The number of hydrogen-bond acceptors (Lipinski definition) is 4. The molecular formula is C18H22N2O4S. The van der Waals surface area contributed by atoms with Gasteiger partial charge < -0.3 is 10.1 Å². The number of para-hydroxylation sites is 2. The highest BCUT2D eigenvalue weighted by Gasteiger charge is 2.21. The third-order valence-corrected chi connectivity index (χ3v) is 5.88. The lowest BCUT2D eigenvalue weighted by Crippen LogP contribution is -2.30. The standard InChI is InChI=1S/C18H22N2O4S/c1-4-20(5-2)25(22,23)15-12-10-14(11-13-15)18(21)19-16-8-6-7-9-17(16)24-3/h6-13H,4-5H2,1-3H3,(H,19,21). The van der Waals surface area contributed by atoms with Crippen LogP contribution in [0.2, 0.25) is 0 Å². The fraction of sp³-hybridized carbons (Fsp3) is 0.278. The van der Waals surface area contributed by atoms with E-state index in [2.05, 4.69) is 5.32 Å². The second-order valence-corrected chi connectivity index (χ2v) is 7.21. The summed E-state index contributed by atoms with van der Waals surface area (Å²) in [5.74, 6) is 0.216. The van der Waals surface area contributed by atoms with Gasteiger partial charge in [0.25, 0.3) is 5.91 Å². The zero-order chi connectivity index (χ0) is 18.4. The van der Waals surface area contributed by atoms with Crippen molar-refractivity contribution in [2.45, 2.75) is 18.7 Å². The van der Waals surface area contributed by atoms with Gasteiger partial charge >= 0.3 is 0 Å². The van der Waals surface area contributed by atoms with Crippen LogP contribution in [0.4, 0.5) is 5.69 Å². The van der Waals surface area contributed by atoms with Crippen LogP contribution in [0.1, 0.15) is 24.2 Å². The van der Waals surface area contributed by atoms with Gasteiger partial charge in [-0.2, -0.15) is 4.31 Å². The van der Waals surface area contributed by atoms with E-state index >= 15 is 0 Å². The van der Waals surface area contributed by atoms with E-state index in [0.29, 0.717) is 30.1 Å². The van der Waals surface area contributed by atoms with E-state index in [1.165, 1.54) is 35.7 Å². The molecule has 2 rings (SSSR count). The van der Waals surface area contributed by atoms with Gasteiger partial charge in [-0.25, -0.2) is 8.42 Å². The molecule has 1 amide bonds. The summed E-state index contributed by atoms with van der Waals surface area (Å²) >= 11 is 0. The minimum Gasteiger partial charge on any atom is -0.495 e. The lowest BCUT2D eigenvalue weighted by Gasteiger charge is -2.18. The van der Waals surface area contributed by atoms with E-state index < -0.39 is 10.0 Å². The molecular weight excluding hydrogens is 340 g/mol. The van der Waals surface area contributed by atoms with Crippen molar-refractivity contribution >= 4 is 21.6 Å². The molecule has 0 spiro atoms. The molecule has 0 radical (unpaired) electrons. The van der Waals surface area contributed by atoms with E-state index in [9.17, 15) is 13.2 Å². The smallest absolute Gasteiger partial charge is 0.255 e. The largest absolute Gasteiger partial charge is 0.495 e.